The van der Waals surface area contributed by atoms with E-state index in [1.807, 2.05) is 6.92 Å². The van der Waals surface area contributed by atoms with Gasteiger partial charge in [-0.1, -0.05) is 0 Å². The number of rotatable bonds is 8. The Balaban J connectivity index is 1.32. The number of anilines is 2. The van der Waals surface area contributed by atoms with Gasteiger partial charge in [0.05, 0.1) is 30.6 Å². The van der Waals surface area contributed by atoms with Gasteiger partial charge in [-0.2, -0.15) is 0 Å². The highest BCUT2D eigenvalue weighted by Gasteiger charge is 2.25. The Bertz CT molecular complexity index is 1030. The lowest BCUT2D eigenvalue weighted by molar-refractivity contribution is -0.151. The third kappa shape index (κ3) is 7.17. The smallest absolute Gasteiger partial charge is 0.490 e. The van der Waals surface area contributed by atoms with Crippen LogP contribution in [0.4, 0.5) is 20.7 Å². The first-order chi connectivity index (χ1) is 17.4. The molecule has 2 aliphatic rings. The van der Waals surface area contributed by atoms with Gasteiger partial charge in [-0.25, -0.2) is 19.2 Å². The Morgan fingerprint density at radius 3 is 2.53 bits per heavy atom. The molecule has 2 aliphatic heterocycles. The maximum Gasteiger partial charge on any atom is 0.528 e. The van der Waals surface area contributed by atoms with E-state index in [4.69, 9.17) is 23.8 Å². The minimum absolute atomic E-state index is 0.0352. The SMILES string of the molecule is Cc1c(Nc2ccc(OC3CCOCC3)cc2F)ncnc1OC1CCN(OC(=O)OC(C)C)CC1. The van der Waals surface area contributed by atoms with Crippen LogP contribution in [0.5, 0.6) is 11.6 Å². The molecule has 1 N–H and O–H groups in total. The van der Waals surface area contributed by atoms with Crippen LogP contribution in [0.2, 0.25) is 0 Å². The summed E-state index contributed by atoms with van der Waals surface area (Å²) in [7, 11) is 0. The molecule has 0 unspecified atom stereocenters. The van der Waals surface area contributed by atoms with Crippen LogP contribution in [0.25, 0.3) is 0 Å². The molecule has 11 heteroatoms. The number of benzene rings is 1. The van der Waals surface area contributed by atoms with Crippen LogP contribution in [0.3, 0.4) is 0 Å². The van der Waals surface area contributed by atoms with E-state index in [0.717, 1.165) is 12.8 Å². The van der Waals surface area contributed by atoms with Crippen LogP contribution in [-0.2, 0) is 14.3 Å². The maximum absolute atomic E-state index is 14.8. The number of aromatic nitrogens is 2. The molecule has 1 aromatic heterocycles. The van der Waals surface area contributed by atoms with E-state index in [1.165, 1.54) is 12.4 Å². The van der Waals surface area contributed by atoms with Gasteiger partial charge in [-0.3, -0.25) is 0 Å². The summed E-state index contributed by atoms with van der Waals surface area (Å²) in [5, 5.41) is 4.60. The van der Waals surface area contributed by atoms with Crippen molar-refractivity contribution in [2.45, 2.75) is 64.8 Å². The molecule has 1 aromatic carbocycles. The Labute approximate surface area is 210 Å². The minimum atomic E-state index is -0.706. The Hall–Kier alpha value is -3.18. The lowest BCUT2D eigenvalue weighted by atomic mass is 10.1. The zero-order chi connectivity index (χ0) is 25.5. The topological polar surface area (TPSA) is 104 Å². The quantitative estimate of drug-likeness (QED) is 0.515. The summed E-state index contributed by atoms with van der Waals surface area (Å²) < 4.78 is 37.1. The number of hydrogen-bond donors (Lipinski definition) is 1. The molecule has 10 nitrogen and oxygen atoms in total. The largest absolute Gasteiger partial charge is 0.528 e. The van der Waals surface area contributed by atoms with Crippen molar-refractivity contribution < 1.29 is 33.0 Å². The van der Waals surface area contributed by atoms with Crippen molar-refractivity contribution in [3.8, 4) is 11.6 Å². The molecule has 0 bridgehead atoms. The average Bonchev–Trinajstić information content (AvgIpc) is 2.84. The first-order valence-corrected chi connectivity index (χ1v) is 12.3. The lowest BCUT2D eigenvalue weighted by Gasteiger charge is -2.30. The molecule has 2 saturated heterocycles. The lowest BCUT2D eigenvalue weighted by Crippen LogP contribution is -2.40. The van der Waals surface area contributed by atoms with E-state index < -0.39 is 12.0 Å². The van der Waals surface area contributed by atoms with Gasteiger partial charge < -0.3 is 29.1 Å². The maximum atomic E-state index is 14.8. The second-order valence-corrected chi connectivity index (χ2v) is 9.10. The second kappa shape index (κ2) is 12.2. The number of hydroxylamine groups is 2. The average molecular weight is 505 g/mol. The molecule has 4 rings (SSSR count). The van der Waals surface area contributed by atoms with Crippen LogP contribution in [0.1, 0.15) is 45.1 Å². The van der Waals surface area contributed by atoms with Crippen molar-refractivity contribution in [3.05, 3.63) is 35.9 Å². The van der Waals surface area contributed by atoms with Crippen molar-refractivity contribution in [1.29, 1.82) is 0 Å². The van der Waals surface area contributed by atoms with Gasteiger partial charge in [-0.15, -0.1) is 5.06 Å². The highest BCUT2D eigenvalue weighted by Crippen LogP contribution is 2.29. The molecule has 0 amide bonds. The van der Waals surface area contributed by atoms with Gasteiger partial charge in [0.2, 0.25) is 5.88 Å². The molecular weight excluding hydrogens is 471 g/mol. The van der Waals surface area contributed by atoms with Gasteiger partial charge in [0.25, 0.3) is 0 Å². The predicted molar refractivity (Wildman–Crippen MR) is 129 cm³/mol. The minimum Gasteiger partial charge on any atom is -0.490 e. The number of ether oxygens (including phenoxy) is 4. The monoisotopic (exact) mass is 504 g/mol. The van der Waals surface area contributed by atoms with Crippen LogP contribution in [0, 0.1) is 12.7 Å². The molecule has 0 spiro atoms. The molecule has 2 aromatic rings. The second-order valence-electron chi connectivity index (χ2n) is 9.10. The van der Waals surface area contributed by atoms with E-state index in [1.54, 1.807) is 31.0 Å². The summed E-state index contributed by atoms with van der Waals surface area (Å²) in [5.41, 5.74) is 0.944. The van der Waals surface area contributed by atoms with Crippen molar-refractivity contribution in [1.82, 2.24) is 15.0 Å². The third-order valence-corrected chi connectivity index (χ3v) is 5.92. The highest BCUT2D eigenvalue weighted by molar-refractivity contribution is 5.62. The predicted octanol–water partition coefficient (Wildman–Crippen LogP) is 4.55. The van der Waals surface area contributed by atoms with E-state index >= 15 is 0 Å². The van der Waals surface area contributed by atoms with E-state index in [2.05, 4.69) is 15.3 Å². The van der Waals surface area contributed by atoms with Crippen LogP contribution in [-0.4, -0.2) is 65.8 Å². The van der Waals surface area contributed by atoms with Gasteiger partial charge in [0.15, 0.2) is 0 Å². The number of carbonyl (C=O) groups is 1. The molecule has 0 saturated carbocycles. The Morgan fingerprint density at radius 1 is 1.11 bits per heavy atom. The summed E-state index contributed by atoms with van der Waals surface area (Å²) in [5.74, 6) is 0.921. The Kier molecular flexibility index (Phi) is 8.76. The summed E-state index contributed by atoms with van der Waals surface area (Å²) in [4.78, 5) is 25.4. The summed E-state index contributed by atoms with van der Waals surface area (Å²) in [6, 6.07) is 4.74. The third-order valence-electron chi connectivity index (χ3n) is 5.92. The number of hydrogen-bond acceptors (Lipinski definition) is 10. The summed E-state index contributed by atoms with van der Waals surface area (Å²) in [6.45, 7) is 7.69. The van der Waals surface area contributed by atoms with Crippen molar-refractivity contribution in [2.24, 2.45) is 0 Å². The van der Waals surface area contributed by atoms with E-state index in [9.17, 15) is 9.18 Å². The molecule has 0 radical (unpaired) electrons. The molecule has 2 fully saturated rings. The first-order valence-electron chi connectivity index (χ1n) is 12.3. The van der Waals surface area contributed by atoms with Crippen LogP contribution in [0.15, 0.2) is 24.5 Å². The van der Waals surface area contributed by atoms with E-state index in [-0.39, 0.29) is 24.0 Å². The molecule has 3 heterocycles. The number of carbonyl (C=O) groups excluding carboxylic acids is 1. The molecule has 36 heavy (non-hydrogen) atoms. The number of nitrogens with zero attached hydrogens (tertiary/aromatic N) is 3. The zero-order valence-corrected chi connectivity index (χ0v) is 20.9. The standard InChI is InChI=1S/C25H33FN4O6/c1-16(2)33-25(31)36-30-10-6-18(7-11-30)35-24-17(3)23(27-15-28-24)29-22-5-4-20(14-21(22)26)34-19-8-12-32-13-9-19/h4-5,14-16,18-19H,6-13H2,1-3H3,(H,27,28,29). The Morgan fingerprint density at radius 2 is 1.83 bits per heavy atom. The van der Waals surface area contributed by atoms with Crippen molar-refractivity contribution >= 4 is 17.7 Å². The van der Waals surface area contributed by atoms with Gasteiger partial charge in [0, 0.05) is 44.8 Å². The van der Waals surface area contributed by atoms with Crippen molar-refractivity contribution in [2.75, 3.05) is 31.6 Å². The first kappa shape index (κ1) is 25.9. The molecule has 196 valence electrons. The fourth-order valence-electron chi connectivity index (χ4n) is 3.98. The fraction of sp³-hybridized carbons (Fsp3) is 0.560. The fourth-order valence-corrected chi connectivity index (χ4v) is 3.98. The molecular formula is C25H33FN4O6. The van der Waals surface area contributed by atoms with E-state index in [0.29, 0.717) is 62.2 Å². The van der Waals surface area contributed by atoms with Crippen LogP contribution >= 0.6 is 0 Å². The molecule has 0 aliphatic carbocycles. The van der Waals surface area contributed by atoms with Crippen molar-refractivity contribution in [3.63, 3.8) is 0 Å². The van der Waals surface area contributed by atoms with Gasteiger partial charge in [-0.05, 0) is 32.9 Å². The normalized spacial score (nSPS) is 17.6. The number of piperidine rings is 1. The summed E-state index contributed by atoms with van der Waals surface area (Å²) in [6.07, 6.45) is 3.24. The zero-order valence-electron chi connectivity index (χ0n) is 20.9. The molecule has 0 atom stereocenters. The van der Waals surface area contributed by atoms with Crippen LogP contribution < -0.4 is 14.8 Å². The number of nitrogens with one attached hydrogen (secondary N) is 1. The number of halogens is 1. The van der Waals surface area contributed by atoms with Gasteiger partial charge >= 0.3 is 6.16 Å². The summed E-state index contributed by atoms with van der Waals surface area (Å²) >= 11 is 0. The van der Waals surface area contributed by atoms with Gasteiger partial charge in [0.1, 0.15) is 35.9 Å². The highest BCUT2D eigenvalue weighted by atomic mass is 19.1.